The molecule has 0 aliphatic rings. The van der Waals surface area contributed by atoms with Gasteiger partial charge in [-0.1, -0.05) is 23.7 Å². The molecule has 0 aliphatic heterocycles. The molecule has 3 heterocycles. The lowest BCUT2D eigenvalue weighted by atomic mass is 10.0. The van der Waals surface area contributed by atoms with E-state index in [1.165, 1.54) is 55.4 Å². The van der Waals surface area contributed by atoms with Gasteiger partial charge in [0.15, 0.2) is 10.7 Å². The van der Waals surface area contributed by atoms with Crippen molar-refractivity contribution in [2.45, 2.75) is 4.90 Å². The Labute approximate surface area is 198 Å². The van der Waals surface area contributed by atoms with Crippen LogP contribution in [-0.4, -0.2) is 42.1 Å². The Kier molecular flexibility index (Phi) is 6.11. The number of nitrogens with one attached hydrogen (secondary N) is 2. The number of aromatic nitrogens is 4. The minimum Gasteiger partial charge on any atom is -0.480 e. The Bertz CT molecular complexity index is 1590. The average Bonchev–Trinajstić information content (AvgIpc) is 2.82. The molecular weight excluding hydrogens is 487 g/mol. The van der Waals surface area contributed by atoms with Crippen molar-refractivity contribution in [3.05, 3.63) is 63.9 Å². The predicted molar refractivity (Wildman–Crippen MR) is 126 cm³/mol. The molecule has 4 aromatic rings. The number of methoxy groups -OCH3 is 1. The van der Waals surface area contributed by atoms with Crippen LogP contribution in [0.2, 0.25) is 5.02 Å². The molecule has 0 saturated heterocycles. The molecule has 0 fully saturated rings. The minimum atomic E-state index is -4.33. The average molecular weight is 505 g/mol. The van der Waals surface area contributed by atoms with Crippen molar-refractivity contribution in [1.29, 1.82) is 0 Å². The second-order valence-electron chi connectivity index (χ2n) is 7.08. The van der Waals surface area contributed by atoms with Crippen molar-refractivity contribution in [2.24, 2.45) is 7.05 Å². The van der Waals surface area contributed by atoms with Gasteiger partial charge in [-0.3, -0.25) is 14.1 Å². The summed E-state index contributed by atoms with van der Waals surface area (Å²) in [6, 6.07) is 6.62. The first-order chi connectivity index (χ1) is 16.2. The van der Waals surface area contributed by atoms with E-state index in [9.17, 15) is 13.2 Å². The van der Waals surface area contributed by atoms with Crippen molar-refractivity contribution in [1.82, 2.24) is 19.5 Å². The highest BCUT2D eigenvalue weighted by atomic mass is 35.5. The number of pyridine rings is 2. The van der Waals surface area contributed by atoms with Gasteiger partial charge >= 0.3 is 0 Å². The summed E-state index contributed by atoms with van der Waals surface area (Å²) in [7, 11) is 0.0592. The summed E-state index contributed by atoms with van der Waals surface area (Å²) in [4.78, 5) is 24.9. The second kappa shape index (κ2) is 8.88. The molecular formula is C21H18ClFN6O4S. The molecule has 2 N–H and O–H groups in total. The van der Waals surface area contributed by atoms with Crippen LogP contribution in [0.3, 0.4) is 0 Å². The largest absolute Gasteiger partial charge is 0.480 e. The van der Waals surface area contributed by atoms with Crippen LogP contribution in [0.15, 0.2) is 52.4 Å². The number of sulfonamides is 1. The number of ether oxygens (including phenoxy) is 1. The van der Waals surface area contributed by atoms with Crippen LogP contribution in [0.25, 0.3) is 22.2 Å². The summed E-state index contributed by atoms with van der Waals surface area (Å²) < 4.78 is 49.8. The molecule has 0 aliphatic carbocycles. The Morgan fingerprint density at radius 1 is 1.15 bits per heavy atom. The standard InChI is InChI=1S/C21H18ClFN6O4S/c1-24-21-26-9-11-7-14(20(30)29(2)18(11)27-21)13-5-4-6-15(17(13)23)28-34(31,32)16-8-12(22)10-25-19(16)33-3/h4-10,28H,1-3H3,(H,24,26,27). The van der Waals surface area contributed by atoms with Crippen LogP contribution < -0.4 is 20.3 Å². The lowest BCUT2D eigenvalue weighted by molar-refractivity contribution is 0.385. The molecule has 0 unspecified atom stereocenters. The lowest BCUT2D eigenvalue weighted by Gasteiger charge is -2.14. The Balaban J connectivity index is 1.82. The van der Waals surface area contributed by atoms with E-state index in [-0.39, 0.29) is 32.6 Å². The summed E-state index contributed by atoms with van der Waals surface area (Å²) >= 11 is 5.88. The van der Waals surface area contributed by atoms with Crippen LogP contribution in [-0.2, 0) is 17.1 Å². The summed E-state index contributed by atoms with van der Waals surface area (Å²) in [5.74, 6) is -0.828. The van der Waals surface area contributed by atoms with Gasteiger partial charge in [0, 0.05) is 37.4 Å². The van der Waals surface area contributed by atoms with E-state index in [4.69, 9.17) is 16.3 Å². The summed E-state index contributed by atoms with van der Waals surface area (Å²) in [6.07, 6.45) is 2.72. The van der Waals surface area contributed by atoms with Crippen molar-refractivity contribution < 1.29 is 17.5 Å². The zero-order chi connectivity index (χ0) is 24.6. The first-order valence-corrected chi connectivity index (χ1v) is 11.6. The number of rotatable bonds is 6. The number of fused-ring (bicyclic) bond motifs is 1. The maximum absolute atomic E-state index is 15.5. The van der Waals surface area contributed by atoms with E-state index in [0.29, 0.717) is 17.0 Å². The van der Waals surface area contributed by atoms with Gasteiger partial charge in [-0.2, -0.15) is 4.98 Å². The van der Waals surface area contributed by atoms with E-state index >= 15 is 4.39 Å². The fraction of sp³-hybridized carbons (Fsp3) is 0.143. The number of hydrogen-bond donors (Lipinski definition) is 2. The van der Waals surface area contributed by atoms with E-state index in [1.807, 2.05) is 0 Å². The number of nitrogens with zero attached hydrogens (tertiary/aromatic N) is 4. The number of halogens is 2. The molecule has 13 heteroatoms. The summed E-state index contributed by atoms with van der Waals surface area (Å²) in [5, 5.41) is 3.34. The number of benzene rings is 1. The van der Waals surface area contributed by atoms with Crippen molar-refractivity contribution >= 4 is 44.3 Å². The summed E-state index contributed by atoms with van der Waals surface area (Å²) in [6.45, 7) is 0. The van der Waals surface area contributed by atoms with Gasteiger partial charge < -0.3 is 10.1 Å². The normalized spacial score (nSPS) is 11.4. The van der Waals surface area contributed by atoms with Gasteiger partial charge in [-0.15, -0.1) is 0 Å². The predicted octanol–water partition coefficient (Wildman–Crippen LogP) is 3.03. The number of anilines is 2. The third kappa shape index (κ3) is 4.13. The highest BCUT2D eigenvalue weighted by Crippen LogP contribution is 2.31. The van der Waals surface area contributed by atoms with E-state index in [2.05, 4.69) is 25.0 Å². The Morgan fingerprint density at radius 2 is 1.91 bits per heavy atom. The molecule has 3 aromatic heterocycles. The fourth-order valence-electron chi connectivity index (χ4n) is 3.33. The Morgan fingerprint density at radius 3 is 2.62 bits per heavy atom. The first-order valence-electron chi connectivity index (χ1n) is 9.72. The van der Waals surface area contributed by atoms with E-state index < -0.39 is 21.4 Å². The Hall–Kier alpha value is -3.77. The topological polar surface area (TPSA) is 128 Å². The van der Waals surface area contributed by atoms with Gasteiger partial charge in [0.25, 0.3) is 15.6 Å². The van der Waals surface area contributed by atoms with Crippen molar-refractivity contribution in [3.63, 3.8) is 0 Å². The van der Waals surface area contributed by atoms with Crippen LogP contribution in [0, 0.1) is 5.82 Å². The third-order valence-corrected chi connectivity index (χ3v) is 6.54. The van der Waals surface area contributed by atoms with Gasteiger partial charge in [0.1, 0.15) is 5.65 Å². The lowest BCUT2D eigenvalue weighted by Crippen LogP contribution is -2.21. The fourth-order valence-corrected chi connectivity index (χ4v) is 4.76. The van der Waals surface area contributed by atoms with Crippen LogP contribution in [0.4, 0.5) is 16.0 Å². The van der Waals surface area contributed by atoms with E-state index in [1.54, 1.807) is 7.05 Å². The molecule has 0 radical (unpaired) electrons. The van der Waals surface area contributed by atoms with Crippen molar-refractivity contribution in [3.8, 4) is 17.0 Å². The number of hydrogen-bond acceptors (Lipinski definition) is 8. The van der Waals surface area contributed by atoms with Gasteiger partial charge in [0.2, 0.25) is 11.8 Å². The van der Waals surface area contributed by atoms with Gasteiger partial charge in [-0.05, 0) is 18.2 Å². The number of aryl methyl sites for hydroxylation is 1. The van der Waals surface area contributed by atoms with Gasteiger partial charge in [-0.25, -0.2) is 22.8 Å². The molecule has 0 atom stereocenters. The highest BCUT2D eigenvalue weighted by molar-refractivity contribution is 7.92. The third-order valence-electron chi connectivity index (χ3n) is 4.97. The second-order valence-corrected chi connectivity index (χ2v) is 9.17. The molecule has 0 amide bonds. The maximum atomic E-state index is 15.5. The zero-order valence-electron chi connectivity index (χ0n) is 18.1. The van der Waals surface area contributed by atoms with Crippen molar-refractivity contribution in [2.75, 3.05) is 24.2 Å². The monoisotopic (exact) mass is 504 g/mol. The molecule has 0 spiro atoms. The molecule has 0 saturated carbocycles. The molecule has 4 rings (SSSR count). The van der Waals surface area contributed by atoms with Crippen LogP contribution in [0.5, 0.6) is 5.88 Å². The maximum Gasteiger partial charge on any atom is 0.267 e. The molecule has 0 bridgehead atoms. The molecule has 1 aromatic carbocycles. The van der Waals surface area contributed by atoms with E-state index in [0.717, 1.165) is 6.07 Å². The molecule has 176 valence electrons. The molecule has 10 nitrogen and oxygen atoms in total. The summed E-state index contributed by atoms with van der Waals surface area (Å²) in [5.41, 5.74) is -0.629. The quantitative estimate of drug-likeness (QED) is 0.410. The SMILES string of the molecule is CNc1ncc2cc(-c3cccc(NS(=O)(=O)c4cc(Cl)cnc4OC)c3F)c(=O)n(C)c2n1. The molecule has 34 heavy (non-hydrogen) atoms. The minimum absolute atomic E-state index is 0.0105. The van der Waals surface area contributed by atoms with Crippen LogP contribution in [0.1, 0.15) is 0 Å². The van der Waals surface area contributed by atoms with Crippen LogP contribution >= 0.6 is 11.6 Å². The highest BCUT2D eigenvalue weighted by Gasteiger charge is 2.24. The first kappa shape index (κ1) is 23.4. The van der Waals surface area contributed by atoms with Gasteiger partial charge in [0.05, 0.1) is 23.4 Å². The smallest absolute Gasteiger partial charge is 0.267 e. The zero-order valence-corrected chi connectivity index (χ0v) is 19.7.